The Morgan fingerprint density at radius 3 is 2.65 bits per heavy atom. The van der Waals surface area contributed by atoms with Gasteiger partial charge in [-0.2, -0.15) is 0 Å². The summed E-state index contributed by atoms with van der Waals surface area (Å²) < 4.78 is 0. The highest BCUT2D eigenvalue weighted by Crippen LogP contribution is 2.19. The van der Waals surface area contributed by atoms with Crippen molar-refractivity contribution in [2.75, 3.05) is 32.1 Å². The van der Waals surface area contributed by atoms with Crippen molar-refractivity contribution in [3.8, 4) is 0 Å². The van der Waals surface area contributed by atoms with Crippen LogP contribution in [0.2, 0.25) is 0 Å². The first kappa shape index (κ1) is 16.5. The molecule has 2 N–H and O–H groups in total. The zero-order valence-corrected chi connectivity index (χ0v) is 13.3. The van der Waals surface area contributed by atoms with E-state index in [1.165, 1.54) is 11.1 Å². The monoisotopic (exact) mass is 277 g/mol. The number of carbonyl (C=O) groups excluding carboxylic acids is 1. The molecule has 0 aliphatic heterocycles. The first-order chi connectivity index (χ1) is 9.49. The molecule has 1 unspecified atom stereocenters. The van der Waals surface area contributed by atoms with Gasteiger partial charge >= 0.3 is 0 Å². The molecule has 0 radical (unpaired) electrons. The third-order valence-electron chi connectivity index (χ3n) is 3.57. The molecule has 0 spiro atoms. The third kappa shape index (κ3) is 4.53. The maximum absolute atomic E-state index is 11.6. The van der Waals surface area contributed by atoms with Gasteiger partial charge in [-0.15, -0.1) is 0 Å². The van der Waals surface area contributed by atoms with E-state index in [4.69, 9.17) is 0 Å². The van der Waals surface area contributed by atoms with Crippen molar-refractivity contribution < 1.29 is 4.79 Å². The summed E-state index contributed by atoms with van der Waals surface area (Å²) in [6.07, 6.45) is 0. The second-order valence-electron chi connectivity index (χ2n) is 5.29. The van der Waals surface area contributed by atoms with Gasteiger partial charge in [0.2, 0.25) is 5.91 Å². The maximum atomic E-state index is 11.6. The normalized spacial score (nSPS) is 12.1. The molecule has 1 rings (SSSR count). The van der Waals surface area contributed by atoms with Crippen LogP contribution in [0.5, 0.6) is 0 Å². The molecule has 0 aliphatic carbocycles. The van der Waals surface area contributed by atoms with E-state index in [1.807, 2.05) is 14.0 Å². The first-order valence-electron chi connectivity index (χ1n) is 7.22. The number of amides is 1. The lowest BCUT2D eigenvalue weighted by Crippen LogP contribution is -2.34. The molecule has 1 amide bonds. The Bertz CT molecular complexity index is 445. The van der Waals surface area contributed by atoms with Crippen LogP contribution < -0.4 is 15.5 Å². The molecule has 1 aromatic carbocycles. The van der Waals surface area contributed by atoms with E-state index in [0.717, 1.165) is 18.8 Å². The van der Waals surface area contributed by atoms with Crippen molar-refractivity contribution in [1.29, 1.82) is 0 Å². The smallest absolute Gasteiger partial charge is 0.224 e. The average molecular weight is 277 g/mol. The van der Waals surface area contributed by atoms with Crippen molar-refractivity contribution in [2.45, 2.75) is 27.3 Å². The van der Waals surface area contributed by atoms with E-state index < -0.39 is 0 Å². The van der Waals surface area contributed by atoms with E-state index in [1.54, 1.807) is 7.05 Å². The zero-order chi connectivity index (χ0) is 15.1. The van der Waals surface area contributed by atoms with Crippen LogP contribution in [0.3, 0.4) is 0 Å². The van der Waals surface area contributed by atoms with E-state index in [-0.39, 0.29) is 11.8 Å². The van der Waals surface area contributed by atoms with E-state index >= 15 is 0 Å². The Kier molecular flexibility index (Phi) is 6.52. The van der Waals surface area contributed by atoms with Crippen molar-refractivity contribution in [3.63, 3.8) is 0 Å². The summed E-state index contributed by atoms with van der Waals surface area (Å²) in [4.78, 5) is 13.7. The molecule has 0 saturated heterocycles. The summed E-state index contributed by atoms with van der Waals surface area (Å²) in [7, 11) is 3.71. The van der Waals surface area contributed by atoms with Gasteiger partial charge in [-0.3, -0.25) is 4.79 Å². The number of benzene rings is 1. The molecule has 0 aromatic heterocycles. The summed E-state index contributed by atoms with van der Waals surface area (Å²) in [6.45, 7) is 8.78. The number of hydrogen-bond acceptors (Lipinski definition) is 3. The average Bonchev–Trinajstić information content (AvgIpc) is 2.44. The Labute approximate surface area is 122 Å². The molecular formula is C16H27N3O. The van der Waals surface area contributed by atoms with E-state index in [0.29, 0.717) is 6.54 Å². The maximum Gasteiger partial charge on any atom is 0.224 e. The van der Waals surface area contributed by atoms with Crippen LogP contribution in [0, 0.1) is 12.8 Å². The van der Waals surface area contributed by atoms with Gasteiger partial charge in [-0.1, -0.05) is 19.9 Å². The summed E-state index contributed by atoms with van der Waals surface area (Å²) in [6, 6.07) is 6.47. The number of aryl methyl sites for hydroxylation is 1. The van der Waals surface area contributed by atoms with Crippen molar-refractivity contribution in [3.05, 3.63) is 29.3 Å². The lowest BCUT2D eigenvalue weighted by atomic mass is 10.1. The number of nitrogens with one attached hydrogen (secondary N) is 2. The second kappa shape index (κ2) is 7.90. The predicted molar refractivity (Wildman–Crippen MR) is 85.1 cm³/mol. The third-order valence-corrected chi connectivity index (χ3v) is 3.57. The van der Waals surface area contributed by atoms with Gasteiger partial charge in [0.25, 0.3) is 0 Å². The Morgan fingerprint density at radius 1 is 1.40 bits per heavy atom. The summed E-state index contributed by atoms with van der Waals surface area (Å²) in [5.74, 6) is 0.0593. The molecule has 4 heteroatoms. The van der Waals surface area contributed by atoms with Gasteiger partial charge in [0, 0.05) is 32.9 Å². The first-order valence-corrected chi connectivity index (χ1v) is 7.22. The number of hydrogen-bond donors (Lipinski definition) is 2. The Balaban J connectivity index is 2.71. The zero-order valence-electron chi connectivity index (χ0n) is 13.3. The van der Waals surface area contributed by atoms with Crippen molar-refractivity contribution in [2.24, 2.45) is 5.92 Å². The van der Waals surface area contributed by atoms with Gasteiger partial charge in [0.05, 0.1) is 5.92 Å². The molecule has 112 valence electrons. The summed E-state index contributed by atoms with van der Waals surface area (Å²) in [5.41, 5.74) is 3.75. The van der Waals surface area contributed by atoms with Gasteiger partial charge < -0.3 is 15.5 Å². The molecule has 0 aliphatic rings. The largest absolute Gasteiger partial charge is 0.374 e. The molecule has 0 fully saturated rings. The fraction of sp³-hybridized carbons (Fsp3) is 0.562. The molecule has 20 heavy (non-hydrogen) atoms. The van der Waals surface area contributed by atoms with E-state index in [2.05, 4.69) is 47.6 Å². The van der Waals surface area contributed by atoms with Gasteiger partial charge in [0.1, 0.15) is 0 Å². The van der Waals surface area contributed by atoms with Gasteiger partial charge in [-0.25, -0.2) is 0 Å². The van der Waals surface area contributed by atoms with Crippen LogP contribution in [0.4, 0.5) is 5.69 Å². The Hall–Kier alpha value is -1.55. The second-order valence-corrected chi connectivity index (χ2v) is 5.29. The molecule has 0 heterocycles. The molecule has 0 bridgehead atoms. The summed E-state index contributed by atoms with van der Waals surface area (Å²) in [5, 5.41) is 6.03. The minimum atomic E-state index is -0.0215. The SMILES string of the molecule is CCNCc1ccc(N(C)CC(C)C(=O)NC)cc1C. The van der Waals surface area contributed by atoms with Crippen LogP contribution >= 0.6 is 0 Å². The van der Waals surface area contributed by atoms with Crippen LogP contribution in [0.25, 0.3) is 0 Å². The quantitative estimate of drug-likeness (QED) is 0.800. The van der Waals surface area contributed by atoms with Crippen LogP contribution in [-0.4, -0.2) is 33.1 Å². The topological polar surface area (TPSA) is 44.4 Å². The standard InChI is InChI=1S/C16H27N3O/c1-6-18-10-14-7-8-15(9-12(14)2)19(5)11-13(3)16(20)17-4/h7-9,13,18H,6,10-11H2,1-5H3,(H,17,20). The molecule has 4 nitrogen and oxygen atoms in total. The minimum absolute atomic E-state index is 0.0215. The predicted octanol–water partition coefficient (Wildman–Crippen LogP) is 1.92. The number of carbonyl (C=O) groups is 1. The Morgan fingerprint density at radius 2 is 2.10 bits per heavy atom. The molecule has 0 saturated carbocycles. The van der Waals surface area contributed by atoms with Crippen LogP contribution in [-0.2, 0) is 11.3 Å². The lowest BCUT2D eigenvalue weighted by molar-refractivity contribution is -0.123. The van der Waals surface area contributed by atoms with E-state index in [9.17, 15) is 4.79 Å². The molecule has 1 atom stereocenters. The van der Waals surface area contributed by atoms with Crippen LogP contribution in [0.1, 0.15) is 25.0 Å². The lowest BCUT2D eigenvalue weighted by Gasteiger charge is -2.23. The van der Waals surface area contributed by atoms with Crippen molar-refractivity contribution in [1.82, 2.24) is 10.6 Å². The van der Waals surface area contributed by atoms with Gasteiger partial charge in [0.15, 0.2) is 0 Å². The fourth-order valence-electron chi connectivity index (χ4n) is 2.22. The highest BCUT2D eigenvalue weighted by Gasteiger charge is 2.14. The van der Waals surface area contributed by atoms with Gasteiger partial charge in [-0.05, 0) is 36.7 Å². The van der Waals surface area contributed by atoms with Crippen molar-refractivity contribution >= 4 is 11.6 Å². The highest BCUT2D eigenvalue weighted by atomic mass is 16.1. The minimum Gasteiger partial charge on any atom is -0.374 e. The number of rotatable bonds is 7. The summed E-state index contributed by atoms with van der Waals surface area (Å²) >= 11 is 0. The molecular weight excluding hydrogens is 250 g/mol. The fourth-order valence-corrected chi connectivity index (χ4v) is 2.22. The van der Waals surface area contributed by atoms with Crippen LogP contribution in [0.15, 0.2) is 18.2 Å². The highest BCUT2D eigenvalue weighted by molar-refractivity contribution is 5.78. The number of anilines is 1. The molecule has 1 aromatic rings. The number of nitrogens with zero attached hydrogens (tertiary/aromatic N) is 1.